The Morgan fingerprint density at radius 3 is 2.85 bits per heavy atom. The molecule has 1 fully saturated rings. The molecule has 1 aromatic heterocycles. The molecule has 0 unspecified atom stereocenters. The van der Waals surface area contributed by atoms with Crippen LogP contribution < -0.4 is 26.2 Å². The molecule has 0 radical (unpaired) electrons. The van der Waals surface area contributed by atoms with E-state index < -0.39 is 5.54 Å². The van der Waals surface area contributed by atoms with E-state index in [1.165, 1.54) is 0 Å². The number of nitrogens with one attached hydrogen (secondary N) is 2. The summed E-state index contributed by atoms with van der Waals surface area (Å²) >= 11 is 0. The first-order valence-electron chi connectivity index (χ1n) is 6.40. The van der Waals surface area contributed by atoms with Crippen LogP contribution in [0.1, 0.15) is 20.8 Å². The van der Waals surface area contributed by atoms with Gasteiger partial charge in [-0.15, -0.1) is 0 Å². The van der Waals surface area contributed by atoms with Gasteiger partial charge in [-0.1, -0.05) is 0 Å². The molecule has 20 heavy (non-hydrogen) atoms. The van der Waals surface area contributed by atoms with Gasteiger partial charge < -0.3 is 15.0 Å². The molecule has 0 aromatic carbocycles. The van der Waals surface area contributed by atoms with Crippen molar-refractivity contribution in [3.63, 3.8) is 0 Å². The number of hydrazine groups is 1. The zero-order valence-corrected chi connectivity index (χ0v) is 11.8. The van der Waals surface area contributed by atoms with Crippen LogP contribution in [0.4, 0.5) is 11.9 Å². The molecule has 110 valence electrons. The topological polar surface area (TPSA) is 118 Å². The Hall–Kier alpha value is -2.16. The Kier molecular flexibility index (Phi) is 3.89. The van der Waals surface area contributed by atoms with Crippen molar-refractivity contribution in [2.75, 3.05) is 30.0 Å². The second kappa shape index (κ2) is 5.45. The highest BCUT2D eigenvalue weighted by Crippen LogP contribution is 2.24. The first-order valence-corrected chi connectivity index (χ1v) is 6.40. The van der Waals surface area contributed by atoms with Crippen molar-refractivity contribution < 1.29 is 9.53 Å². The Labute approximate surface area is 116 Å². The number of rotatable bonds is 4. The average molecular weight is 281 g/mol. The molecule has 9 nitrogen and oxygen atoms in total. The number of hydrogen-bond acceptors (Lipinski definition) is 8. The third kappa shape index (κ3) is 2.57. The molecule has 0 atom stereocenters. The summed E-state index contributed by atoms with van der Waals surface area (Å²) in [5.41, 5.74) is 1.62. The fraction of sp³-hybridized carbons (Fsp3) is 0.636. The summed E-state index contributed by atoms with van der Waals surface area (Å²) in [6.07, 6.45) is 0. The van der Waals surface area contributed by atoms with Crippen molar-refractivity contribution in [3.8, 4) is 6.01 Å². The van der Waals surface area contributed by atoms with Crippen LogP contribution in [0.2, 0.25) is 0 Å². The van der Waals surface area contributed by atoms with Gasteiger partial charge in [-0.25, -0.2) is 5.84 Å². The van der Waals surface area contributed by atoms with Gasteiger partial charge in [-0.2, -0.15) is 15.0 Å². The number of nitrogen functional groups attached to an aromatic ring is 1. The molecule has 1 aliphatic heterocycles. The Morgan fingerprint density at radius 1 is 1.45 bits per heavy atom. The van der Waals surface area contributed by atoms with E-state index >= 15 is 0 Å². The Bertz CT molecular complexity index is 506. The van der Waals surface area contributed by atoms with Crippen molar-refractivity contribution in [2.24, 2.45) is 5.84 Å². The third-order valence-corrected chi connectivity index (χ3v) is 3.10. The van der Waals surface area contributed by atoms with E-state index in [2.05, 4.69) is 25.7 Å². The predicted octanol–water partition coefficient (Wildman–Crippen LogP) is -0.729. The minimum Gasteiger partial charge on any atom is -0.464 e. The largest absolute Gasteiger partial charge is 0.464 e. The monoisotopic (exact) mass is 281 g/mol. The molecule has 1 aromatic rings. The third-order valence-electron chi connectivity index (χ3n) is 3.10. The highest BCUT2D eigenvalue weighted by Gasteiger charge is 2.39. The van der Waals surface area contributed by atoms with Crippen molar-refractivity contribution in [3.05, 3.63) is 0 Å². The lowest BCUT2D eigenvalue weighted by Gasteiger charge is -2.41. The summed E-state index contributed by atoms with van der Waals surface area (Å²) in [6, 6.07) is 0.173. The van der Waals surface area contributed by atoms with Crippen molar-refractivity contribution in [1.29, 1.82) is 0 Å². The molecule has 0 spiro atoms. The summed E-state index contributed by atoms with van der Waals surface area (Å²) < 4.78 is 5.29. The van der Waals surface area contributed by atoms with Crippen LogP contribution in [0.3, 0.4) is 0 Å². The molecule has 0 aliphatic carbocycles. The van der Waals surface area contributed by atoms with Gasteiger partial charge in [0, 0.05) is 13.1 Å². The molecule has 0 bridgehead atoms. The fourth-order valence-electron chi connectivity index (χ4n) is 1.97. The van der Waals surface area contributed by atoms with E-state index in [0.29, 0.717) is 25.6 Å². The first kappa shape index (κ1) is 14.3. The van der Waals surface area contributed by atoms with E-state index in [0.717, 1.165) is 0 Å². The second-order valence-electron chi connectivity index (χ2n) is 4.79. The maximum absolute atomic E-state index is 12.0. The van der Waals surface area contributed by atoms with Gasteiger partial charge >= 0.3 is 6.01 Å². The number of ether oxygens (including phenoxy) is 1. The Morgan fingerprint density at radius 2 is 2.20 bits per heavy atom. The van der Waals surface area contributed by atoms with Gasteiger partial charge in [-0.05, 0) is 20.8 Å². The maximum Gasteiger partial charge on any atom is 0.323 e. The van der Waals surface area contributed by atoms with Crippen LogP contribution in [0.5, 0.6) is 6.01 Å². The number of nitrogens with zero attached hydrogens (tertiary/aromatic N) is 4. The molecular formula is C11H19N7O2. The van der Waals surface area contributed by atoms with Crippen LogP contribution in [0, 0.1) is 0 Å². The van der Waals surface area contributed by atoms with Gasteiger partial charge in [0.1, 0.15) is 5.54 Å². The summed E-state index contributed by atoms with van der Waals surface area (Å²) in [5, 5.41) is 2.82. The summed E-state index contributed by atoms with van der Waals surface area (Å²) in [7, 11) is 0. The van der Waals surface area contributed by atoms with Crippen molar-refractivity contribution >= 4 is 17.8 Å². The number of hydrogen-bond donors (Lipinski definition) is 3. The number of piperazine rings is 1. The van der Waals surface area contributed by atoms with Gasteiger partial charge in [0.25, 0.3) is 0 Å². The molecule has 9 heteroatoms. The molecule has 1 aliphatic rings. The molecule has 1 amide bonds. The lowest BCUT2D eigenvalue weighted by molar-refractivity contribution is -0.126. The van der Waals surface area contributed by atoms with E-state index in [9.17, 15) is 4.79 Å². The smallest absolute Gasteiger partial charge is 0.323 e. The highest BCUT2D eigenvalue weighted by atomic mass is 16.5. The van der Waals surface area contributed by atoms with Crippen molar-refractivity contribution in [1.82, 2.24) is 20.3 Å². The van der Waals surface area contributed by atoms with Gasteiger partial charge in [-0.3, -0.25) is 10.2 Å². The summed E-state index contributed by atoms with van der Waals surface area (Å²) in [4.78, 5) is 26.2. The van der Waals surface area contributed by atoms with Crippen LogP contribution in [0.15, 0.2) is 0 Å². The summed E-state index contributed by atoms with van der Waals surface area (Å²) in [5.74, 6) is 5.83. The molecule has 0 saturated carbocycles. The fourth-order valence-corrected chi connectivity index (χ4v) is 1.97. The predicted molar refractivity (Wildman–Crippen MR) is 73.2 cm³/mol. The van der Waals surface area contributed by atoms with Crippen molar-refractivity contribution in [2.45, 2.75) is 26.3 Å². The average Bonchev–Trinajstić information content (AvgIpc) is 2.41. The quantitative estimate of drug-likeness (QED) is 0.488. The minimum atomic E-state index is -0.755. The number of carbonyl (C=O) groups is 1. The first-order chi connectivity index (χ1) is 9.48. The normalized spacial score (nSPS) is 17.6. The molecule has 2 heterocycles. The highest BCUT2D eigenvalue weighted by molar-refractivity contribution is 5.89. The SMILES string of the molecule is CCOc1nc(NN)nc(N2CCNC(=O)C2(C)C)n1. The van der Waals surface area contributed by atoms with Gasteiger partial charge in [0.2, 0.25) is 17.8 Å². The van der Waals surface area contributed by atoms with E-state index in [1.54, 1.807) is 18.7 Å². The number of aromatic nitrogens is 3. The van der Waals surface area contributed by atoms with Crippen LogP contribution in [0.25, 0.3) is 0 Å². The lowest BCUT2D eigenvalue weighted by Crippen LogP contribution is -2.62. The van der Waals surface area contributed by atoms with Gasteiger partial charge in [0.05, 0.1) is 6.61 Å². The van der Waals surface area contributed by atoms with Gasteiger partial charge in [0.15, 0.2) is 0 Å². The number of amides is 1. The standard InChI is InChI=1S/C11H19N7O2/c1-4-20-10-15-8(17-12)14-9(16-10)18-6-5-13-7(19)11(18,2)3/h4-6,12H2,1-3H3,(H,13,19)(H,14,15,16,17). The zero-order chi connectivity index (χ0) is 14.8. The van der Waals surface area contributed by atoms with E-state index in [4.69, 9.17) is 10.6 Å². The molecule has 1 saturated heterocycles. The number of carbonyl (C=O) groups excluding carboxylic acids is 1. The van der Waals surface area contributed by atoms with Crippen LogP contribution >= 0.6 is 0 Å². The summed E-state index contributed by atoms with van der Waals surface area (Å²) in [6.45, 7) is 7.00. The lowest BCUT2D eigenvalue weighted by atomic mass is 10.00. The second-order valence-corrected chi connectivity index (χ2v) is 4.79. The van der Waals surface area contributed by atoms with Crippen LogP contribution in [-0.2, 0) is 4.79 Å². The zero-order valence-electron chi connectivity index (χ0n) is 11.8. The molecular weight excluding hydrogens is 262 g/mol. The minimum absolute atomic E-state index is 0.0793. The number of anilines is 2. The van der Waals surface area contributed by atoms with E-state index in [-0.39, 0.29) is 17.9 Å². The Balaban J connectivity index is 2.40. The number of nitrogens with two attached hydrogens (primary N) is 1. The van der Waals surface area contributed by atoms with E-state index in [1.807, 2.05) is 6.92 Å². The maximum atomic E-state index is 12.0. The molecule has 4 N–H and O–H groups in total. The molecule has 2 rings (SSSR count). The van der Waals surface area contributed by atoms with Crippen LogP contribution in [-0.4, -0.2) is 46.1 Å².